The minimum absolute atomic E-state index is 0.130. The van der Waals surface area contributed by atoms with Crippen molar-refractivity contribution in [2.75, 3.05) is 13.7 Å². The van der Waals surface area contributed by atoms with Gasteiger partial charge in [0.1, 0.15) is 10.9 Å². The van der Waals surface area contributed by atoms with E-state index >= 15 is 0 Å². The van der Waals surface area contributed by atoms with Crippen molar-refractivity contribution >= 4 is 16.0 Å². The molecule has 0 spiro atoms. The second-order valence-corrected chi connectivity index (χ2v) is 4.62. The molecule has 1 rings (SSSR count). The number of methoxy groups -OCH3 is 1. The quantitative estimate of drug-likeness (QED) is 0.581. The molecule has 3 N–H and O–H groups in total. The van der Waals surface area contributed by atoms with E-state index < -0.39 is 22.0 Å². The van der Waals surface area contributed by atoms with Gasteiger partial charge in [0.15, 0.2) is 0 Å². The highest BCUT2D eigenvalue weighted by Gasteiger charge is 2.25. The minimum Gasteiger partial charge on any atom is -0.480 e. The average molecular weight is 249 g/mol. The summed E-state index contributed by atoms with van der Waals surface area (Å²) in [5.74, 6) is -1.31. The van der Waals surface area contributed by atoms with Crippen molar-refractivity contribution < 1.29 is 23.1 Å². The van der Waals surface area contributed by atoms with Crippen LogP contribution in [-0.4, -0.2) is 49.4 Å². The second kappa shape index (κ2) is 5.05. The zero-order valence-electron chi connectivity index (χ0n) is 8.37. The lowest BCUT2D eigenvalue weighted by Crippen LogP contribution is -2.43. The van der Waals surface area contributed by atoms with E-state index in [-0.39, 0.29) is 11.5 Å². The molecule has 1 unspecified atom stereocenters. The van der Waals surface area contributed by atoms with Crippen LogP contribution in [0, 0.1) is 0 Å². The summed E-state index contributed by atoms with van der Waals surface area (Å²) in [6.45, 7) is -0.258. The summed E-state index contributed by atoms with van der Waals surface area (Å²) in [5, 5.41) is 14.5. The largest absolute Gasteiger partial charge is 0.480 e. The molecule has 0 fully saturated rings. The Morgan fingerprint density at radius 1 is 1.75 bits per heavy atom. The Kier molecular flexibility index (Phi) is 3.99. The zero-order valence-corrected chi connectivity index (χ0v) is 9.19. The molecule has 8 nitrogen and oxygen atoms in total. The molecule has 0 aromatic carbocycles. The highest BCUT2D eigenvalue weighted by Crippen LogP contribution is 2.05. The summed E-state index contributed by atoms with van der Waals surface area (Å²) in [4.78, 5) is 10.6. The van der Waals surface area contributed by atoms with Gasteiger partial charge in [0, 0.05) is 13.3 Å². The maximum absolute atomic E-state index is 11.6. The normalized spacial score (nSPS) is 13.6. The molecular weight excluding hydrogens is 238 g/mol. The molecule has 0 amide bonds. The molecule has 1 heterocycles. The lowest BCUT2D eigenvalue weighted by molar-refractivity contribution is -0.140. The highest BCUT2D eigenvalue weighted by atomic mass is 32.2. The number of H-pyrrole nitrogens is 1. The van der Waals surface area contributed by atoms with Crippen LogP contribution in [-0.2, 0) is 19.6 Å². The van der Waals surface area contributed by atoms with Gasteiger partial charge in [-0.3, -0.25) is 9.89 Å². The van der Waals surface area contributed by atoms with Crippen molar-refractivity contribution in [3.05, 3.63) is 12.4 Å². The number of aromatic amines is 1. The van der Waals surface area contributed by atoms with E-state index in [1.807, 2.05) is 4.72 Å². The molecule has 9 heteroatoms. The van der Waals surface area contributed by atoms with Crippen LogP contribution in [0.4, 0.5) is 0 Å². The van der Waals surface area contributed by atoms with E-state index in [0.717, 1.165) is 12.4 Å². The molecule has 1 aromatic rings. The summed E-state index contributed by atoms with van der Waals surface area (Å²) in [6.07, 6.45) is 2.22. The first-order valence-corrected chi connectivity index (χ1v) is 5.68. The molecule has 0 radical (unpaired) electrons. The minimum atomic E-state index is -3.89. The van der Waals surface area contributed by atoms with Crippen molar-refractivity contribution in [1.82, 2.24) is 14.9 Å². The fourth-order valence-corrected chi connectivity index (χ4v) is 2.04. The van der Waals surface area contributed by atoms with Crippen molar-refractivity contribution in [3.8, 4) is 0 Å². The van der Waals surface area contributed by atoms with Crippen LogP contribution < -0.4 is 4.72 Å². The van der Waals surface area contributed by atoms with Gasteiger partial charge in [-0.1, -0.05) is 0 Å². The van der Waals surface area contributed by atoms with Crippen LogP contribution in [0.15, 0.2) is 17.3 Å². The fourth-order valence-electron chi connectivity index (χ4n) is 0.964. The van der Waals surface area contributed by atoms with Crippen LogP contribution in [0.25, 0.3) is 0 Å². The van der Waals surface area contributed by atoms with E-state index in [1.54, 1.807) is 0 Å². The number of sulfonamides is 1. The number of hydrogen-bond donors (Lipinski definition) is 3. The molecule has 0 aliphatic rings. The first-order valence-electron chi connectivity index (χ1n) is 4.20. The highest BCUT2D eigenvalue weighted by molar-refractivity contribution is 7.89. The number of carbonyl (C=O) groups is 1. The first kappa shape index (κ1) is 12.6. The smallest absolute Gasteiger partial charge is 0.324 e. The van der Waals surface area contributed by atoms with Crippen molar-refractivity contribution in [2.45, 2.75) is 10.9 Å². The van der Waals surface area contributed by atoms with E-state index in [0.29, 0.717) is 0 Å². The van der Waals surface area contributed by atoms with Gasteiger partial charge >= 0.3 is 5.97 Å². The molecule has 0 bridgehead atoms. The fraction of sp³-hybridized carbons (Fsp3) is 0.429. The maximum Gasteiger partial charge on any atom is 0.324 e. The maximum atomic E-state index is 11.6. The third-order valence-corrected chi connectivity index (χ3v) is 3.15. The van der Waals surface area contributed by atoms with Crippen LogP contribution in [0.1, 0.15) is 0 Å². The Morgan fingerprint density at radius 2 is 2.44 bits per heavy atom. The van der Waals surface area contributed by atoms with Gasteiger partial charge in [-0.25, -0.2) is 8.42 Å². The number of aliphatic carboxylic acids is 1. The van der Waals surface area contributed by atoms with Gasteiger partial charge < -0.3 is 9.84 Å². The molecule has 0 aliphatic heterocycles. The summed E-state index contributed by atoms with van der Waals surface area (Å²) >= 11 is 0. The van der Waals surface area contributed by atoms with Gasteiger partial charge in [-0.15, -0.1) is 0 Å². The summed E-state index contributed by atoms with van der Waals surface area (Å²) in [7, 11) is -2.61. The first-order chi connectivity index (χ1) is 7.47. The predicted molar refractivity (Wildman–Crippen MR) is 52.2 cm³/mol. The number of carboxylic acids is 1. The topological polar surface area (TPSA) is 121 Å². The Hall–Kier alpha value is -1.45. The van der Waals surface area contributed by atoms with Crippen LogP contribution >= 0.6 is 0 Å². The van der Waals surface area contributed by atoms with Crippen LogP contribution in [0.2, 0.25) is 0 Å². The zero-order chi connectivity index (χ0) is 12.2. The monoisotopic (exact) mass is 249 g/mol. The van der Waals surface area contributed by atoms with Gasteiger partial charge in [0.25, 0.3) is 0 Å². The molecule has 0 aliphatic carbocycles. The molecule has 0 saturated carbocycles. The number of ether oxygens (including phenoxy) is 1. The SMILES string of the molecule is COCC(NS(=O)(=O)c1cn[nH]c1)C(=O)O. The van der Waals surface area contributed by atoms with Gasteiger partial charge in [0.05, 0.1) is 12.8 Å². The summed E-state index contributed by atoms with van der Waals surface area (Å²) in [5.41, 5.74) is 0. The Bertz CT molecular complexity index is 441. The third-order valence-electron chi connectivity index (χ3n) is 1.71. The van der Waals surface area contributed by atoms with Crippen molar-refractivity contribution in [1.29, 1.82) is 0 Å². The Balaban J connectivity index is 2.82. The molecule has 0 saturated heterocycles. The second-order valence-electron chi connectivity index (χ2n) is 2.90. The van der Waals surface area contributed by atoms with Crippen LogP contribution in [0.5, 0.6) is 0 Å². The van der Waals surface area contributed by atoms with E-state index in [1.165, 1.54) is 7.11 Å². The number of aromatic nitrogens is 2. The number of nitrogens with zero attached hydrogens (tertiary/aromatic N) is 1. The van der Waals surface area contributed by atoms with Gasteiger partial charge in [-0.2, -0.15) is 9.82 Å². The lowest BCUT2D eigenvalue weighted by atomic mass is 10.3. The molecule has 90 valence electrons. The van der Waals surface area contributed by atoms with E-state index in [9.17, 15) is 13.2 Å². The molecule has 1 atom stereocenters. The van der Waals surface area contributed by atoms with E-state index in [4.69, 9.17) is 5.11 Å². The third kappa shape index (κ3) is 3.02. The van der Waals surface area contributed by atoms with Gasteiger partial charge in [-0.05, 0) is 0 Å². The Morgan fingerprint density at radius 3 is 2.88 bits per heavy atom. The standard InChI is InChI=1S/C7H11N3O5S/c1-15-4-6(7(11)12)10-16(13,14)5-2-8-9-3-5/h2-3,6,10H,4H2,1H3,(H,8,9)(H,11,12). The van der Waals surface area contributed by atoms with E-state index in [2.05, 4.69) is 14.9 Å². The Labute approximate surface area is 91.7 Å². The predicted octanol–water partition coefficient (Wildman–Crippen LogP) is -1.21. The molecule has 1 aromatic heterocycles. The lowest BCUT2D eigenvalue weighted by Gasteiger charge is -2.12. The van der Waals surface area contributed by atoms with Crippen LogP contribution in [0.3, 0.4) is 0 Å². The summed E-state index contributed by atoms with van der Waals surface area (Å²) < 4.78 is 29.8. The number of carboxylic acid groups (broad SMARTS) is 1. The van der Waals surface area contributed by atoms with Gasteiger partial charge in [0.2, 0.25) is 10.0 Å². The molecular formula is C7H11N3O5S. The average Bonchev–Trinajstić information content (AvgIpc) is 2.69. The number of hydrogen-bond acceptors (Lipinski definition) is 5. The molecule has 16 heavy (non-hydrogen) atoms. The summed E-state index contributed by atoms with van der Waals surface area (Å²) in [6, 6.07) is -1.33. The number of nitrogens with one attached hydrogen (secondary N) is 2. The number of rotatable bonds is 6. The van der Waals surface area contributed by atoms with Crippen molar-refractivity contribution in [3.63, 3.8) is 0 Å². The van der Waals surface area contributed by atoms with Crippen molar-refractivity contribution in [2.24, 2.45) is 0 Å².